The Balaban J connectivity index is 1.92. The molecule has 7 nitrogen and oxygen atoms in total. The fraction of sp³-hybridized carbons (Fsp3) is 0.105. The van der Waals surface area contributed by atoms with E-state index < -0.39 is 27.7 Å². The van der Waals surface area contributed by atoms with E-state index in [0.29, 0.717) is 5.56 Å². The average molecular weight is 437 g/mol. The summed E-state index contributed by atoms with van der Waals surface area (Å²) < 4.78 is 69.2. The molecular weight excluding hydrogens is 423 g/mol. The van der Waals surface area contributed by atoms with Crippen LogP contribution < -0.4 is 9.46 Å². The number of rotatable bonds is 5. The van der Waals surface area contributed by atoms with Crippen molar-refractivity contribution in [1.82, 2.24) is 14.9 Å². The van der Waals surface area contributed by atoms with Crippen LogP contribution >= 0.6 is 0 Å². The smallest absolute Gasteiger partial charge is 0.416 e. The summed E-state index contributed by atoms with van der Waals surface area (Å²) in [6, 6.07) is 9.95. The van der Waals surface area contributed by atoms with Gasteiger partial charge in [-0.1, -0.05) is 0 Å². The first-order valence-corrected chi connectivity index (χ1v) is 10.2. The standard InChI is InChI=1S/C19H14F3N3O4S/c1-30(27,28)25-18(26)12-2-5-15(6-3-12)29-17-7-4-14(19(20,21)22)10-16(17)13-8-9-23-24-11-13/h2-11H,1H3,(H,25,26). The van der Waals surface area contributed by atoms with Gasteiger partial charge in [-0.2, -0.15) is 23.4 Å². The Kier molecular flexibility index (Phi) is 5.74. The monoisotopic (exact) mass is 437 g/mol. The number of amides is 1. The number of benzene rings is 2. The summed E-state index contributed by atoms with van der Waals surface area (Å²) in [5.74, 6) is -0.458. The van der Waals surface area contributed by atoms with Crippen molar-refractivity contribution in [2.24, 2.45) is 0 Å². The van der Waals surface area contributed by atoms with Crippen LogP contribution in [0.3, 0.4) is 0 Å². The zero-order valence-electron chi connectivity index (χ0n) is 15.3. The first-order valence-electron chi connectivity index (χ1n) is 8.31. The summed E-state index contributed by atoms with van der Waals surface area (Å²) in [4.78, 5) is 11.9. The number of hydrogen-bond acceptors (Lipinski definition) is 6. The van der Waals surface area contributed by atoms with Crippen LogP contribution in [0.1, 0.15) is 15.9 Å². The van der Waals surface area contributed by atoms with E-state index in [1.165, 1.54) is 48.8 Å². The van der Waals surface area contributed by atoms with Gasteiger partial charge in [0.2, 0.25) is 10.0 Å². The summed E-state index contributed by atoms with van der Waals surface area (Å²) in [6.07, 6.45) is -1.04. The van der Waals surface area contributed by atoms with Crippen LogP contribution in [-0.2, 0) is 16.2 Å². The first kappa shape index (κ1) is 21.2. The Morgan fingerprint density at radius 3 is 2.30 bits per heavy atom. The van der Waals surface area contributed by atoms with Gasteiger partial charge in [-0.15, -0.1) is 0 Å². The van der Waals surface area contributed by atoms with Gasteiger partial charge in [-0.25, -0.2) is 13.1 Å². The molecule has 0 atom stereocenters. The molecule has 3 rings (SSSR count). The molecule has 1 N–H and O–H groups in total. The SMILES string of the molecule is CS(=O)(=O)NC(=O)c1ccc(Oc2ccc(C(F)(F)F)cc2-c2ccnnc2)cc1. The zero-order chi connectivity index (χ0) is 21.9. The van der Waals surface area contributed by atoms with Gasteiger partial charge in [0.1, 0.15) is 11.5 Å². The van der Waals surface area contributed by atoms with Crippen molar-refractivity contribution < 1.29 is 31.1 Å². The highest BCUT2D eigenvalue weighted by Crippen LogP contribution is 2.38. The van der Waals surface area contributed by atoms with Crippen molar-refractivity contribution >= 4 is 15.9 Å². The van der Waals surface area contributed by atoms with Crippen LogP contribution in [0.15, 0.2) is 60.9 Å². The minimum absolute atomic E-state index is 0.0683. The third-order valence-corrected chi connectivity index (χ3v) is 4.38. The molecule has 2 aromatic carbocycles. The van der Waals surface area contributed by atoms with Crippen molar-refractivity contribution in [3.05, 3.63) is 72.1 Å². The third-order valence-electron chi connectivity index (χ3n) is 3.82. The Bertz CT molecular complexity index is 1170. The lowest BCUT2D eigenvalue weighted by molar-refractivity contribution is -0.137. The van der Waals surface area contributed by atoms with E-state index in [4.69, 9.17) is 4.74 Å². The number of alkyl halides is 3. The highest BCUT2D eigenvalue weighted by molar-refractivity contribution is 7.89. The van der Waals surface area contributed by atoms with E-state index in [0.717, 1.165) is 18.4 Å². The van der Waals surface area contributed by atoms with Gasteiger partial charge in [-0.05, 0) is 48.5 Å². The molecule has 1 heterocycles. The fourth-order valence-corrected chi connectivity index (χ4v) is 2.95. The number of nitrogens with one attached hydrogen (secondary N) is 1. The number of carbonyl (C=O) groups is 1. The largest absolute Gasteiger partial charge is 0.457 e. The zero-order valence-corrected chi connectivity index (χ0v) is 16.2. The van der Waals surface area contributed by atoms with Crippen molar-refractivity contribution in [2.45, 2.75) is 6.18 Å². The van der Waals surface area contributed by atoms with E-state index in [1.807, 2.05) is 4.72 Å². The molecule has 0 aliphatic heterocycles. The highest BCUT2D eigenvalue weighted by Gasteiger charge is 2.31. The van der Waals surface area contributed by atoms with Gasteiger partial charge < -0.3 is 4.74 Å². The van der Waals surface area contributed by atoms with Gasteiger partial charge in [0.05, 0.1) is 24.2 Å². The molecule has 0 aliphatic carbocycles. The normalized spacial score (nSPS) is 11.7. The predicted molar refractivity (Wildman–Crippen MR) is 101 cm³/mol. The lowest BCUT2D eigenvalue weighted by atomic mass is 10.0. The maximum Gasteiger partial charge on any atom is 0.416 e. The first-order chi connectivity index (χ1) is 14.0. The molecule has 0 aliphatic rings. The van der Waals surface area contributed by atoms with E-state index in [-0.39, 0.29) is 22.6 Å². The number of hydrogen-bond donors (Lipinski definition) is 1. The maximum absolute atomic E-state index is 13.1. The van der Waals surface area contributed by atoms with Crippen molar-refractivity contribution in [1.29, 1.82) is 0 Å². The van der Waals surface area contributed by atoms with Gasteiger partial charge in [-0.3, -0.25) is 4.79 Å². The topological polar surface area (TPSA) is 98.2 Å². The summed E-state index contributed by atoms with van der Waals surface area (Å²) in [6.45, 7) is 0. The number of aromatic nitrogens is 2. The predicted octanol–water partition coefficient (Wildman–Crippen LogP) is 3.64. The van der Waals surface area contributed by atoms with Crippen LogP contribution in [-0.4, -0.2) is 30.8 Å². The number of ether oxygens (including phenoxy) is 1. The van der Waals surface area contributed by atoms with E-state index in [9.17, 15) is 26.4 Å². The Morgan fingerprint density at radius 2 is 1.73 bits per heavy atom. The molecule has 3 aromatic rings. The number of carbonyl (C=O) groups excluding carboxylic acids is 1. The highest BCUT2D eigenvalue weighted by atomic mass is 32.2. The molecule has 0 unspecified atom stereocenters. The number of halogens is 3. The van der Waals surface area contributed by atoms with Gasteiger partial charge >= 0.3 is 6.18 Å². The average Bonchev–Trinajstić information content (AvgIpc) is 2.67. The van der Waals surface area contributed by atoms with Crippen molar-refractivity contribution in [2.75, 3.05) is 6.26 Å². The van der Waals surface area contributed by atoms with Crippen LogP contribution in [0.2, 0.25) is 0 Å². The minimum Gasteiger partial charge on any atom is -0.457 e. The lowest BCUT2D eigenvalue weighted by Gasteiger charge is -2.14. The molecule has 11 heteroatoms. The summed E-state index contributed by atoms with van der Waals surface area (Å²) >= 11 is 0. The quantitative estimate of drug-likeness (QED) is 0.654. The van der Waals surface area contributed by atoms with Crippen LogP contribution in [0.4, 0.5) is 13.2 Å². The molecule has 30 heavy (non-hydrogen) atoms. The second kappa shape index (κ2) is 8.11. The van der Waals surface area contributed by atoms with Crippen LogP contribution in [0.25, 0.3) is 11.1 Å². The second-order valence-electron chi connectivity index (χ2n) is 6.17. The molecule has 0 spiro atoms. The van der Waals surface area contributed by atoms with E-state index >= 15 is 0 Å². The molecular formula is C19H14F3N3O4S. The third kappa shape index (κ3) is 5.32. The molecule has 0 radical (unpaired) electrons. The van der Waals surface area contributed by atoms with Gasteiger partial charge in [0, 0.05) is 16.7 Å². The van der Waals surface area contributed by atoms with Crippen molar-refractivity contribution in [3.8, 4) is 22.6 Å². The lowest BCUT2D eigenvalue weighted by Crippen LogP contribution is -2.29. The molecule has 0 bridgehead atoms. The summed E-state index contributed by atoms with van der Waals surface area (Å²) in [5, 5.41) is 7.29. The van der Waals surface area contributed by atoms with Crippen LogP contribution in [0.5, 0.6) is 11.5 Å². The fourth-order valence-electron chi connectivity index (χ4n) is 2.50. The summed E-state index contributed by atoms with van der Waals surface area (Å²) in [5.41, 5.74) is -0.262. The Labute approximate surface area is 169 Å². The molecule has 0 saturated heterocycles. The molecule has 1 aromatic heterocycles. The molecule has 156 valence electrons. The van der Waals surface area contributed by atoms with Crippen molar-refractivity contribution in [3.63, 3.8) is 0 Å². The van der Waals surface area contributed by atoms with Gasteiger partial charge in [0.25, 0.3) is 5.91 Å². The minimum atomic E-state index is -4.54. The van der Waals surface area contributed by atoms with E-state index in [1.54, 1.807) is 0 Å². The Morgan fingerprint density at radius 1 is 1.03 bits per heavy atom. The Hall–Kier alpha value is -3.47. The second-order valence-corrected chi connectivity index (χ2v) is 7.92. The van der Waals surface area contributed by atoms with E-state index in [2.05, 4.69) is 10.2 Å². The maximum atomic E-state index is 13.1. The van der Waals surface area contributed by atoms with Gasteiger partial charge in [0.15, 0.2) is 0 Å². The molecule has 1 amide bonds. The molecule has 0 saturated carbocycles. The number of nitrogens with zero attached hydrogens (tertiary/aromatic N) is 2. The molecule has 0 fully saturated rings. The number of sulfonamides is 1. The van der Waals surface area contributed by atoms with Crippen LogP contribution in [0, 0.1) is 0 Å². The summed E-state index contributed by atoms with van der Waals surface area (Å²) in [7, 11) is -3.72.